The maximum Gasteiger partial charge on any atom is 0.573 e. The van der Waals surface area contributed by atoms with Gasteiger partial charge in [0.2, 0.25) is 5.69 Å². The van der Waals surface area contributed by atoms with Crippen LogP contribution in [0.2, 0.25) is 0 Å². The third kappa shape index (κ3) is 5.81. The molecule has 0 saturated heterocycles. The molecule has 1 heterocycles. The molecule has 1 fully saturated rings. The number of rotatable bonds is 5. The lowest BCUT2D eigenvalue weighted by molar-refractivity contribution is -0.274. The lowest BCUT2D eigenvalue weighted by Crippen LogP contribution is -2.39. The van der Waals surface area contributed by atoms with Crippen LogP contribution >= 0.6 is 0 Å². The lowest BCUT2D eigenvalue weighted by Gasteiger charge is -2.29. The number of carbonyl (C=O) groups excluding carboxylic acids is 1. The van der Waals surface area contributed by atoms with Crippen LogP contribution < -0.4 is 14.8 Å². The fourth-order valence-electron chi connectivity index (χ4n) is 3.05. The third-order valence-electron chi connectivity index (χ3n) is 4.41. The third-order valence-corrected chi connectivity index (χ3v) is 4.41. The zero-order chi connectivity index (χ0) is 20.9. The van der Waals surface area contributed by atoms with Crippen molar-refractivity contribution in [2.24, 2.45) is 0 Å². The molecule has 1 aromatic carbocycles. The van der Waals surface area contributed by atoms with E-state index in [1.165, 1.54) is 24.5 Å². The first-order valence-electron chi connectivity index (χ1n) is 8.88. The Morgan fingerprint density at radius 3 is 2.38 bits per heavy atom. The highest BCUT2D eigenvalue weighted by Crippen LogP contribution is 2.25. The summed E-state index contributed by atoms with van der Waals surface area (Å²) >= 11 is 0. The van der Waals surface area contributed by atoms with E-state index in [-0.39, 0.29) is 40.9 Å². The first-order valence-corrected chi connectivity index (χ1v) is 8.88. The molecule has 7 nitrogen and oxygen atoms in total. The molecule has 0 unspecified atom stereocenters. The van der Waals surface area contributed by atoms with Gasteiger partial charge in [0, 0.05) is 24.0 Å². The average Bonchev–Trinajstić information content (AvgIpc) is 2.69. The van der Waals surface area contributed by atoms with E-state index >= 15 is 0 Å². The van der Waals surface area contributed by atoms with Crippen molar-refractivity contribution in [1.82, 2.24) is 15.3 Å². The maximum atomic E-state index is 12.3. The van der Waals surface area contributed by atoms with Gasteiger partial charge in [-0.2, -0.15) is 5.26 Å². The van der Waals surface area contributed by atoms with Gasteiger partial charge in [-0.1, -0.05) is 0 Å². The SMILES string of the molecule is N#Cc1nccnc1OC1CCC(NC(=O)c2ccc(OC(F)(F)F)cc2)CC1. The number of ether oxygens (including phenoxy) is 2. The Hall–Kier alpha value is -3.35. The van der Waals surface area contributed by atoms with Gasteiger partial charge in [0.05, 0.1) is 0 Å². The van der Waals surface area contributed by atoms with Crippen LogP contribution in [0.5, 0.6) is 11.6 Å². The van der Waals surface area contributed by atoms with E-state index in [2.05, 4.69) is 20.0 Å². The Labute approximate surface area is 164 Å². The number of alkyl halides is 3. The number of amides is 1. The second kappa shape index (κ2) is 8.77. The monoisotopic (exact) mass is 406 g/mol. The van der Waals surface area contributed by atoms with Crippen LogP contribution in [0.25, 0.3) is 0 Å². The topological polar surface area (TPSA) is 97.1 Å². The number of nitrogens with zero attached hydrogens (tertiary/aromatic N) is 3. The minimum absolute atomic E-state index is 0.0780. The van der Waals surface area contributed by atoms with Crippen LogP contribution in [0.1, 0.15) is 41.7 Å². The van der Waals surface area contributed by atoms with E-state index in [9.17, 15) is 18.0 Å². The van der Waals surface area contributed by atoms with Gasteiger partial charge in [0.15, 0.2) is 0 Å². The predicted molar refractivity (Wildman–Crippen MR) is 94.0 cm³/mol. The number of halogens is 3. The van der Waals surface area contributed by atoms with Gasteiger partial charge in [0.1, 0.15) is 17.9 Å². The fraction of sp³-hybridized carbons (Fsp3) is 0.368. The van der Waals surface area contributed by atoms with E-state index in [1.54, 1.807) is 0 Å². The number of hydrogen-bond donors (Lipinski definition) is 1. The smallest absolute Gasteiger partial charge is 0.472 e. The van der Waals surface area contributed by atoms with Gasteiger partial charge in [-0.25, -0.2) is 9.97 Å². The van der Waals surface area contributed by atoms with E-state index < -0.39 is 6.36 Å². The second-order valence-electron chi connectivity index (χ2n) is 6.46. The molecular weight excluding hydrogens is 389 g/mol. The summed E-state index contributed by atoms with van der Waals surface area (Å²) in [7, 11) is 0. The van der Waals surface area contributed by atoms with Gasteiger partial charge in [-0.3, -0.25) is 4.79 Å². The molecular formula is C19H17F3N4O3. The lowest BCUT2D eigenvalue weighted by atomic mass is 9.92. The highest BCUT2D eigenvalue weighted by molar-refractivity contribution is 5.94. The summed E-state index contributed by atoms with van der Waals surface area (Å²) in [4.78, 5) is 20.2. The molecule has 152 valence electrons. The Kier molecular flexibility index (Phi) is 6.16. The largest absolute Gasteiger partial charge is 0.573 e. The molecule has 2 aromatic rings. The molecule has 1 aromatic heterocycles. The van der Waals surface area contributed by atoms with Crippen molar-refractivity contribution in [3.63, 3.8) is 0 Å². The number of hydrogen-bond acceptors (Lipinski definition) is 6. The second-order valence-corrected chi connectivity index (χ2v) is 6.46. The predicted octanol–water partition coefficient (Wildman–Crippen LogP) is 3.37. The summed E-state index contributed by atoms with van der Waals surface area (Å²) in [5.74, 6) is -0.551. The van der Waals surface area contributed by atoms with Crippen LogP contribution in [0.4, 0.5) is 13.2 Å². The Balaban J connectivity index is 1.49. The van der Waals surface area contributed by atoms with Crippen LogP contribution in [-0.2, 0) is 0 Å². The van der Waals surface area contributed by atoms with Gasteiger partial charge in [-0.05, 0) is 49.9 Å². The highest BCUT2D eigenvalue weighted by Gasteiger charge is 2.31. The van der Waals surface area contributed by atoms with Gasteiger partial charge < -0.3 is 14.8 Å². The Morgan fingerprint density at radius 1 is 1.10 bits per heavy atom. The first-order chi connectivity index (χ1) is 13.8. The van der Waals surface area contributed by atoms with Crippen LogP contribution in [0, 0.1) is 11.3 Å². The van der Waals surface area contributed by atoms with Crippen molar-refractivity contribution < 1.29 is 27.4 Å². The minimum Gasteiger partial charge on any atom is -0.472 e. The minimum atomic E-state index is -4.77. The highest BCUT2D eigenvalue weighted by atomic mass is 19.4. The van der Waals surface area contributed by atoms with Crippen molar-refractivity contribution in [3.8, 4) is 17.7 Å². The number of benzene rings is 1. The standard InChI is InChI=1S/C19H17F3N4O3/c20-19(21,22)29-15-5-1-12(2-6-15)17(27)26-13-3-7-14(8-4-13)28-18-16(11-23)24-9-10-25-18/h1-2,5-6,9-10,13-14H,3-4,7-8H2,(H,26,27). The molecule has 1 aliphatic carbocycles. The summed E-state index contributed by atoms with van der Waals surface area (Å²) in [5, 5.41) is 11.9. The molecule has 0 atom stereocenters. The van der Waals surface area contributed by atoms with Crippen molar-refractivity contribution in [3.05, 3.63) is 47.9 Å². The summed E-state index contributed by atoms with van der Waals surface area (Å²) < 4.78 is 46.1. The Bertz CT molecular complexity index is 889. The van der Waals surface area contributed by atoms with Crippen LogP contribution in [0.3, 0.4) is 0 Å². The number of aromatic nitrogens is 2. The van der Waals surface area contributed by atoms with E-state index in [0.29, 0.717) is 25.7 Å². The summed E-state index contributed by atoms with van der Waals surface area (Å²) in [6, 6.07) is 6.61. The maximum absolute atomic E-state index is 12.3. The van der Waals surface area contributed by atoms with Crippen molar-refractivity contribution in [2.75, 3.05) is 0 Å². The zero-order valence-corrected chi connectivity index (χ0v) is 15.1. The van der Waals surface area contributed by atoms with Gasteiger partial charge in [0.25, 0.3) is 11.8 Å². The van der Waals surface area contributed by atoms with Crippen molar-refractivity contribution in [2.45, 2.75) is 44.2 Å². The molecule has 0 bridgehead atoms. The average molecular weight is 406 g/mol. The number of carbonyl (C=O) groups is 1. The van der Waals surface area contributed by atoms with Crippen molar-refractivity contribution in [1.29, 1.82) is 5.26 Å². The quantitative estimate of drug-likeness (QED) is 0.818. The molecule has 1 saturated carbocycles. The van der Waals surface area contributed by atoms with Crippen LogP contribution in [-0.4, -0.2) is 34.4 Å². The molecule has 0 aliphatic heterocycles. The molecule has 0 radical (unpaired) electrons. The fourth-order valence-corrected chi connectivity index (χ4v) is 3.05. The van der Waals surface area contributed by atoms with E-state index in [4.69, 9.17) is 10.00 Å². The number of nitrogens with one attached hydrogen (secondary N) is 1. The van der Waals surface area contributed by atoms with E-state index in [0.717, 1.165) is 12.1 Å². The number of nitriles is 1. The zero-order valence-electron chi connectivity index (χ0n) is 15.1. The summed E-state index contributed by atoms with van der Waals surface area (Å²) in [6.07, 6.45) is 0.596. The summed E-state index contributed by atoms with van der Waals surface area (Å²) in [5.41, 5.74) is 0.372. The molecule has 29 heavy (non-hydrogen) atoms. The molecule has 1 amide bonds. The van der Waals surface area contributed by atoms with Crippen LogP contribution in [0.15, 0.2) is 36.7 Å². The van der Waals surface area contributed by atoms with Crippen molar-refractivity contribution >= 4 is 5.91 Å². The first kappa shape index (κ1) is 20.4. The molecule has 3 rings (SSSR count). The van der Waals surface area contributed by atoms with Gasteiger partial charge in [-0.15, -0.1) is 13.2 Å². The normalized spacial score (nSPS) is 19.1. The molecule has 10 heteroatoms. The molecule has 1 N–H and O–H groups in total. The molecule has 1 aliphatic rings. The molecule has 0 spiro atoms. The van der Waals surface area contributed by atoms with E-state index in [1.807, 2.05) is 6.07 Å². The van der Waals surface area contributed by atoms with Gasteiger partial charge >= 0.3 is 6.36 Å². The summed E-state index contributed by atoms with van der Waals surface area (Å²) in [6.45, 7) is 0. The Morgan fingerprint density at radius 2 is 1.76 bits per heavy atom.